The second-order valence-electron chi connectivity index (χ2n) is 7.35. The van der Waals surface area contributed by atoms with Gasteiger partial charge in [-0.05, 0) is 35.4 Å². The molecule has 1 aromatic carbocycles. The Kier molecular flexibility index (Phi) is 5.72. The van der Waals surface area contributed by atoms with Crippen molar-refractivity contribution >= 4 is 34.4 Å². The number of amides is 1. The number of anilines is 1. The molecule has 0 aliphatic rings. The van der Waals surface area contributed by atoms with Crippen LogP contribution < -0.4 is 10.9 Å². The summed E-state index contributed by atoms with van der Waals surface area (Å²) in [4.78, 5) is 34.7. The molecule has 0 saturated heterocycles. The van der Waals surface area contributed by atoms with Crippen molar-refractivity contribution in [1.82, 2.24) is 19.7 Å². The van der Waals surface area contributed by atoms with Gasteiger partial charge in [-0.15, -0.1) is 22.7 Å². The average Bonchev–Trinajstić information content (AvgIpc) is 3.58. The number of nitrogens with zero attached hydrogens (tertiary/aromatic N) is 3. The summed E-state index contributed by atoms with van der Waals surface area (Å²) in [6.45, 7) is 1.81. The van der Waals surface area contributed by atoms with Crippen LogP contribution in [0.1, 0.15) is 26.5 Å². The standard InChI is InChI=1S/C24H19N5O2S2/c1-15-17(13-16-7-3-2-4-8-16)22(30)27-24(25-15)29-21(26-23(31)20-10-6-12-33-20)14-18(28-29)19-9-5-11-32-19/h2-12,14H,13H2,1H3,(H,26,31)(H,25,27,30). The molecule has 0 radical (unpaired) electrons. The first-order chi connectivity index (χ1) is 16.1. The summed E-state index contributed by atoms with van der Waals surface area (Å²) in [5.41, 5.74) is 2.69. The van der Waals surface area contributed by atoms with E-state index < -0.39 is 0 Å². The van der Waals surface area contributed by atoms with Crippen LogP contribution in [0.2, 0.25) is 0 Å². The van der Waals surface area contributed by atoms with Gasteiger partial charge in [-0.2, -0.15) is 9.78 Å². The number of rotatable bonds is 6. The molecule has 0 fully saturated rings. The van der Waals surface area contributed by atoms with Crippen molar-refractivity contribution in [3.63, 3.8) is 0 Å². The fourth-order valence-electron chi connectivity index (χ4n) is 3.47. The lowest BCUT2D eigenvalue weighted by Gasteiger charge is -2.10. The molecule has 0 aliphatic heterocycles. The molecular formula is C24H19N5O2S2. The molecule has 4 aromatic heterocycles. The van der Waals surface area contributed by atoms with Crippen LogP contribution >= 0.6 is 22.7 Å². The Bertz CT molecular complexity index is 1450. The summed E-state index contributed by atoms with van der Waals surface area (Å²) >= 11 is 2.89. The number of nitrogens with one attached hydrogen (secondary N) is 2. The van der Waals surface area contributed by atoms with Gasteiger partial charge in [-0.25, -0.2) is 4.98 Å². The zero-order valence-corrected chi connectivity index (χ0v) is 19.2. The summed E-state index contributed by atoms with van der Waals surface area (Å²) in [6, 6.07) is 19.0. The van der Waals surface area contributed by atoms with E-state index in [-0.39, 0.29) is 17.4 Å². The topological polar surface area (TPSA) is 92.7 Å². The van der Waals surface area contributed by atoms with Crippen LogP contribution in [0.5, 0.6) is 0 Å². The van der Waals surface area contributed by atoms with Crippen molar-refractivity contribution in [2.75, 3.05) is 5.32 Å². The summed E-state index contributed by atoms with van der Waals surface area (Å²) in [5, 5.41) is 11.3. The van der Waals surface area contributed by atoms with Gasteiger partial charge in [0.25, 0.3) is 11.5 Å². The highest BCUT2D eigenvalue weighted by Gasteiger charge is 2.18. The number of H-pyrrole nitrogens is 1. The molecule has 7 nitrogen and oxygen atoms in total. The minimum Gasteiger partial charge on any atom is -0.306 e. The number of aromatic amines is 1. The maximum absolute atomic E-state index is 13.0. The maximum Gasteiger partial charge on any atom is 0.266 e. The van der Waals surface area contributed by atoms with Crippen molar-refractivity contribution in [3.8, 4) is 16.5 Å². The maximum atomic E-state index is 13.0. The van der Waals surface area contributed by atoms with E-state index in [9.17, 15) is 9.59 Å². The number of aryl methyl sites for hydroxylation is 1. The molecule has 9 heteroatoms. The molecule has 4 heterocycles. The number of thiophene rings is 2. The first-order valence-corrected chi connectivity index (χ1v) is 12.0. The van der Waals surface area contributed by atoms with Gasteiger partial charge < -0.3 is 5.32 Å². The third-order valence-electron chi connectivity index (χ3n) is 5.10. The fraction of sp³-hybridized carbons (Fsp3) is 0.0833. The minimum atomic E-state index is -0.247. The molecule has 0 bridgehead atoms. The Labute approximate surface area is 197 Å². The Balaban J connectivity index is 1.55. The molecule has 5 aromatic rings. The van der Waals surface area contributed by atoms with E-state index in [4.69, 9.17) is 0 Å². The van der Waals surface area contributed by atoms with Crippen LogP contribution in [-0.2, 0) is 6.42 Å². The Morgan fingerprint density at radius 1 is 1.06 bits per heavy atom. The third-order valence-corrected chi connectivity index (χ3v) is 6.86. The Morgan fingerprint density at radius 2 is 1.85 bits per heavy atom. The van der Waals surface area contributed by atoms with E-state index in [1.54, 1.807) is 23.5 Å². The Morgan fingerprint density at radius 3 is 2.55 bits per heavy atom. The third kappa shape index (κ3) is 4.41. The smallest absolute Gasteiger partial charge is 0.266 e. The van der Waals surface area contributed by atoms with E-state index in [1.807, 2.05) is 66.2 Å². The van der Waals surface area contributed by atoms with Gasteiger partial charge in [0.1, 0.15) is 11.5 Å². The molecule has 5 rings (SSSR count). The van der Waals surface area contributed by atoms with Crippen molar-refractivity contribution in [1.29, 1.82) is 0 Å². The van der Waals surface area contributed by atoms with Crippen molar-refractivity contribution in [3.05, 3.63) is 103 Å². The number of carbonyl (C=O) groups is 1. The van der Waals surface area contributed by atoms with E-state index in [1.165, 1.54) is 16.0 Å². The average molecular weight is 474 g/mol. The second-order valence-corrected chi connectivity index (χ2v) is 9.25. The SMILES string of the molecule is Cc1nc(-n2nc(-c3cccs3)cc2NC(=O)c2cccs2)[nH]c(=O)c1Cc1ccccc1. The lowest BCUT2D eigenvalue weighted by atomic mass is 10.1. The molecule has 164 valence electrons. The molecular weight excluding hydrogens is 454 g/mol. The molecule has 0 unspecified atom stereocenters. The first-order valence-electron chi connectivity index (χ1n) is 10.2. The van der Waals surface area contributed by atoms with Crippen molar-refractivity contribution in [2.24, 2.45) is 0 Å². The van der Waals surface area contributed by atoms with Crippen LogP contribution in [-0.4, -0.2) is 25.7 Å². The summed E-state index contributed by atoms with van der Waals surface area (Å²) < 4.78 is 1.47. The van der Waals surface area contributed by atoms with Gasteiger partial charge in [0.15, 0.2) is 0 Å². The van der Waals surface area contributed by atoms with Gasteiger partial charge in [-0.3, -0.25) is 14.6 Å². The quantitative estimate of drug-likeness (QED) is 0.367. The summed E-state index contributed by atoms with van der Waals surface area (Å²) in [7, 11) is 0. The van der Waals surface area contributed by atoms with Gasteiger partial charge in [0, 0.05) is 18.1 Å². The predicted octanol–water partition coefficient (Wildman–Crippen LogP) is 4.90. The molecule has 0 atom stereocenters. The van der Waals surface area contributed by atoms with Crippen LogP contribution in [0, 0.1) is 6.92 Å². The van der Waals surface area contributed by atoms with E-state index in [0.717, 1.165) is 10.4 Å². The van der Waals surface area contributed by atoms with Crippen LogP contribution in [0.4, 0.5) is 5.82 Å². The van der Waals surface area contributed by atoms with E-state index in [0.29, 0.717) is 34.1 Å². The molecule has 33 heavy (non-hydrogen) atoms. The van der Waals surface area contributed by atoms with Gasteiger partial charge >= 0.3 is 0 Å². The largest absolute Gasteiger partial charge is 0.306 e. The van der Waals surface area contributed by atoms with Crippen LogP contribution in [0.15, 0.2) is 76.2 Å². The van der Waals surface area contributed by atoms with Crippen molar-refractivity contribution in [2.45, 2.75) is 13.3 Å². The molecule has 0 spiro atoms. The van der Waals surface area contributed by atoms with Gasteiger partial charge in [-0.1, -0.05) is 42.5 Å². The monoisotopic (exact) mass is 473 g/mol. The van der Waals surface area contributed by atoms with Crippen LogP contribution in [0.3, 0.4) is 0 Å². The molecule has 2 N–H and O–H groups in total. The van der Waals surface area contributed by atoms with E-state index in [2.05, 4.69) is 20.4 Å². The number of benzene rings is 1. The highest BCUT2D eigenvalue weighted by Crippen LogP contribution is 2.28. The minimum absolute atomic E-state index is 0.231. The zero-order valence-electron chi connectivity index (χ0n) is 17.6. The first kappa shape index (κ1) is 21.0. The predicted molar refractivity (Wildman–Crippen MR) is 132 cm³/mol. The second kappa shape index (κ2) is 8.97. The highest BCUT2D eigenvalue weighted by molar-refractivity contribution is 7.13. The lowest BCUT2D eigenvalue weighted by Crippen LogP contribution is -2.22. The number of carbonyl (C=O) groups excluding carboxylic acids is 1. The fourth-order valence-corrected chi connectivity index (χ4v) is 4.77. The number of hydrogen-bond donors (Lipinski definition) is 2. The summed E-state index contributed by atoms with van der Waals surface area (Å²) in [6.07, 6.45) is 0.483. The normalized spacial score (nSPS) is 10.9. The molecule has 1 amide bonds. The number of hydrogen-bond acceptors (Lipinski definition) is 6. The lowest BCUT2D eigenvalue weighted by molar-refractivity contribution is 0.103. The van der Waals surface area contributed by atoms with Gasteiger partial charge in [0.05, 0.1) is 15.4 Å². The van der Waals surface area contributed by atoms with Gasteiger partial charge in [0.2, 0.25) is 5.95 Å². The molecule has 0 saturated carbocycles. The molecule has 0 aliphatic carbocycles. The summed E-state index contributed by atoms with van der Waals surface area (Å²) in [5.74, 6) is 0.428. The number of aromatic nitrogens is 4. The zero-order chi connectivity index (χ0) is 22.8. The highest BCUT2D eigenvalue weighted by atomic mass is 32.1. The van der Waals surface area contributed by atoms with E-state index >= 15 is 0 Å². The van der Waals surface area contributed by atoms with Crippen molar-refractivity contribution < 1.29 is 4.79 Å². The Hall–Kier alpha value is -3.82. The van der Waals surface area contributed by atoms with Crippen LogP contribution in [0.25, 0.3) is 16.5 Å².